The van der Waals surface area contributed by atoms with Crippen LogP contribution in [0.2, 0.25) is 5.02 Å². The van der Waals surface area contributed by atoms with Crippen molar-refractivity contribution in [3.05, 3.63) is 59.1 Å². The van der Waals surface area contributed by atoms with Gasteiger partial charge in [0.25, 0.3) is 5.91 Å². The number of hydrazine groups is 1. The highest BCUT2D eigenvalue weighted by atomic mass is 35.5. The second-order valence-corrected chi connectivity index (χ2v) is 6.66. The van der Waals surface area contributed by atoms with Gasteiger partial charge in [0.15, 0.2) is 0 Å². The Morgan fingerprint density at radius 1 is 0.931 bits per heavy atom. The van der Waals surface area contributed by atoms with Crippen LogP contribution in [0, 0.1) is 0 Å². The van der Waals surface area contributed by atoms with Gasteiger partial charge < -0.3 is 10.1 Å². The maximum Gasteiger partial charge on any atom is 0.269 e. The van der Waals surface area contributed by atoms with E-state index in [0.717, 1.165) is 12.8 Å². The Bertz CT molecular complexity index is 840. The summed E-state index contributed by atoms with van der Waals surface area (Å²) in [5.41, 5.74) is 5.47. The lowest BCUT2D eigenvalue weighted by Gasteiger charge is -2.09. The third-order valence-electron chi connectivity index (χ3n) is 3.93. The quantitative estimate of drug-likeness (QED) is 0.428. The van der Waals surface area contributed by atoms with Crippen LogP contribution >= 0.6 is 11.6 Å². The molecule has 29 heavy (non-hydrogen) atoms. The summed E-state index contributed by atoms with van der Waals surface area (Å²) in [6, 6.07) is 13.4. The van der Waals surface area contributed by atoms with Gasteiger partial charge in [-0.2, -0.15) is 0 Å². The third-order valence-corrected chi connectivity index (χ3v) is 4.26. The molecule has 0 bridgehead atoms. The zero-order valence-electron chi connectivity index (χ0n) is 16.2. The van der Waals surface area contributed by atoms with E-state index in [1.807, 2.05) is 0 Å². The first-order valence-corrected chi connectivity index (χ1v) is 9.74. The van der Waals surface area contributed by atoms with Crippen LogP contribution < -0.4 is 20.9 Å². The molecule has 7 nitrogen and oxygen atoms in total. The van der Waals surface area contributed by atoms with Crippen molar-refractivity contribution in [2.24, 2.45) is 0 Å². The van der Waals surface area contributed by atoms with Gasteiger partial charge in [-0.25, -0.2) is 0 Å². The molecule has 2 rings (SSSR count). The molecule has 0 saturated carbocycles. The van der Waals surface area contributed by atoms with E-state index in [4.69, 9.17) is 16.3 Å². The molecule has 3 amide bonds. The lowest BCUT2D eigenvalue weighted by molar-refractivity contribution is -0.124. The minimum Gasteiger partial charge on any atom is -0.494 e. The van der Waals surface area contributed by atoms with E-state index in [1.165, 1.54) is 0 Å². The molecule has 0 aliphatic heterocycles. The van der Waals surface area contributed by atoms with E-state index in [-0.39, 0.29) is 18.7 Å². The van der Waals surface area contributed by atoms with Crippen molar-refractivity contribution in [1.82, 2.24) is 10.9 Å². The van der Waals surface area contributed by atoms with Crippen LogP contribution in [0.15, 0.2) is 48.5 Å². The van der Waals surface area contributed by atoms with E-state index >= 15 is 0 Å². The summed E-state index contributed by atoms with van der Waals surface area (Å²) in [4.78, 5) is 35.8. The number of hydrogen-bond acceptors (Lipinski definition) is 4. The maximum absolute atomic E-state index is 12.1. The molecule has 8 heteroatoms. The second-order valence-electron chi connectivity index (χ2n) is 6.26. The van der Waals surface area contributed by atoms with Crippen molar-refractivity contribution < 1.29 is 19.1 Å². The fourth-order valence-electron chi connectivity index (χ4n) is 2.30. The van der Waals surface area contributed by atoms with Gasteiger partial charge in [0, 0.05) is 18.4 Å². The Kier molecular flexibility index (Phi) is 8.98. The summed E-state index contributed by atoms with van der Waals surface area (Å²) in [5.74, 6) is -0.604. The van der Waals surface area contributed by atoms with Crippen LogP contribution in [-0.2, 0) is 9.59 Å². The fraction of sp³-hybridized carbons (Fsp3) is 0.286. The first-order chi connectivity index (χ1) is 14.0. The van der Waals surface area contributed by atoms with E-state index in [9.17, 15) is 14.4 Å². The average Bonchev–Trinajstić information content (AvgIpc) is 2.73. The Labute approximate surface area is 174 Å². The van der Waals surface area contributed by atoms with Gasteiger partial charge in [-0.15, -0.1) is 0 Å². The zero-order chi connectivity index (χ0) is 21.1. The van der Waals surface area contributed by atoms with Crippen LogP contribution in [0.3, 0.4) is 0 Å². The minimum atomic E-state index is -0.479. The third kappa shape index (κ3) is 7.83. The number of nitrogens with one attached hydrogen (secondary N) is 3. The van der Waals surface area contributed by atoms with Crippen molar-refractivity contribution in [1.29, 1.82) is 0 Å². The average molecular weight is 418 g/mol. The summed E-state index contributed by atoms with van der Waals surface area (Å²) in [6.45, 7) is 2.71. The van der Waals surface area contributed by atoms with Gasteiger partial charge in [-0.05, 0) is 42.8 Å². The number of carbonyl (C=O) groups is 3. The lowest BCUT2D eigenvalue weighted by Crippen LogP contribution is -2.41. The van der Waals surface area contributed by atoms with E-state index < -0.39 is 11.8 Å². The predicted molar refractivity (Wildman–Crippen MR) is 112 cm³/mol. The molecule has 0 radical (unpaired) electrons. The van der Waals surface area contributed by atoms with Crippen molar-refractivity contribution in [2.45, 2.75) is 32.6 Å². The van der Waals surface area contributed by atoms with Crippen LogP contribution in [-0.4, -0.2) is 24.3 Å². The molecule has 0 aliphatic rings. The summed E-state index contributed by atoms with van der Waals surface area (Å²) >= 11 is 5.97. The van der Waals surface area contributed by atoms with E-state index in [0.29, 0.717) is 28.6 Å². The summed E-state index contributed by atoms with van der Waals surface area (Å²) < 4.78 is 5.54. The van der Waals surface area contributed by atoms with Gasteiger partial charge in [0.2, 0.25) is 11.8 Å². The van der Waals surface area contributed by atoms with Crippen LogP contribution in [0.25, 0.3) is 0 Å². The molecule has 0 aliphatic carbocycles. The number of hydrogen-bond donors (Lipinski definition) is 3. The largest absolute Gasteiger partial charge is 0.494 e. The molecule has 2 aromatic carbocycles. The summed E-state index contributed by atoms with van der Waals surface area (Å²) in [7, 11) is 0. The molecule has 0 heterocycles. The highest BCUT2D eigenvalue weighted by Gasteiger charge is 2.11. The van der Waals surface area contributed by atoms with Crippen molar-refractivity contribution in [2.75, 3.05) is 11.9 Å². The van der Waals surface area contributed by atoms with Crippen LogP contribution in [0.1, 0.15) is 43.0 Å². The van der Waals surface area contributed by atoms with Crippen LogP contribution in [0.5, 0.6) is 5.75 Å². The highest BCUT2D eigenvalue weighted by molar-refractivity contribution is 6.33. The molecule has 0 unspecified atom stereocenters. The van der Waals surface area contributed by atoms with Gasteiger partial charge in [0.05, 0.1) is 17.3 Å². The molecule has 0 fully saturated rings. The van der Waals surface area contributed by atoms with Crippen molar-refractivity contribution in [3.8, 4) is 5.75 Å². The number of benzene rings is 2. The standard InChI is InChI=1S/C21H24ClN3O4/c1-2-3-14-29-16-10-8-15(9-11-16)21(28)25-24-20(27)13-12-19(26)23-18-7-5-4-6-17(18)22/h4-11H,2-3,12-14H2,1H3,(H,23,26)(H,24,27)(H,25,28). The number of amides is 3. The fourth-order valence-corrected chi connectivity index (χ4v) is 2.48. The summed E-state index contributed by atoms with van der Waals surface area (Å²) in [6.07, 6.45) is 1.88. The number of rotatable bonds is 9. The van der Waals surface area contributed by atoms with Crippen molar-refractivity contribution in [3.63, 3.8) is 0 Å². The van der Waals surface area contributed by atoms with Gasteiger partial charge in [-0.1, -0.05) is 37.1 Å². The first-order valence-electron chi connectivity index (χ1n) is 9.36. The Morgan fingerprint density at radius 2 is 1.62 bits per heavy atom. The monoisotopic (exact) mass is 417 g/mol. The van der Waals surface area contributed by atoms with Gasteiger partial charge in [0.1, 0.15) is 5.75 Å². The topological polar surface area (TPSA) is 96.5 Å². The Morgan fingerprint density at radius 3 is 2.31 bits per heavy atom. The molecule has 0 atom stereocenters. The zero-order valence-corrected chi connectivity index (χ0v) is 16.9. The molecule has 0 spiro atoms. The molecule has 0 aromatic heterocycles. The maximum atomic E-state index is 12.1. The highest BCUT2D eigenvalue weighted by Crippen LogP contribution is 2.20. The van der Waals surface area contributed by atoms with Crippen molar-refractivity contribution >= 4 is 35.0 Å². The van der Waals surface area contributed by atoms with E-state index in [1.54, 1.807) is 48.5 Å². The predicted octanol–water partition coefficient (Wildman–Crippen LogP) is 3.70. The number of unbranched alkanes of at least 4 members (excludes halogenated alkanes) is 1. The second kappa shape index (κ2) is 11.7. The number of ether oxygens (including phenoxy) is 1. The van der Waals surface area contributed by atoms with E-state index in [2.05, 4.69) is 23.1 Å². The molecule has 3 N–H and O–H groups in total. The Balaban J connectivity index is 1.70. The van der Waals surface area contributed by atoms with Gasteiger partial charge >= 0.3 is 0 Å². The SMILES string of the molecule is CCCCOc1ccc(C(=O)NNC(=O)CCC(=O)Nc2ccccc2Cl)cc1. The Hall–Kier alpha value is -3.06. The summed E-state index contributed by atoms with van der Waals surface area (Å²) in [5, 5.41) is 3.05. The lowest BCUT2D eigenvalue weighted by atomic mass is 10.2. The smallest absolute Gasteiger partial charge is 0.269 e. The number of para-hydroxylation sites is 1. The molecular formula is C21H24ClN3O4. The molecule has 0 saturated heterocycles. The van der Waals surface area contributed by atoms with Gasteiger partial charge in [-0.3, -0.25) is 25.2 Å². The molecule has 154 valence electrons. The molecule has 2 aromatic rings. The normalized spacial score (nSPS) is 10.1. The number of halogens is 1. The van der Waals surface area contributed by atoms with Crippen LogP contribution in [0.4, 0.5) is 5.69 Å². The minimum absolute atomic E-state index is 0.0449. The molecular weight excluding hydrogens is 394 g/mol. The number of carbonyl (C=O) groups excluding carboxylic acids is 3. The first kappa shape index (κ1) is 22.2. The number of anilines is 1.